The van der Waals surface area contributed by atoms with Crippen molar-refractivity contribution in [1.82, 2.24) is 0 Å². The lowest BCUT2D eigenvalue weighted by molar-refractivity contribution is 0.764. The van der Waals surface area contributed by atoms with Crippen LogP contribution < -0.4 is 0 Å². The Morgan fingerprint density at radius 3 is 1.17 bits per heavy atom. The van der Waals surface area contributed by atoms with Gasteiger partial charge in [-0.1, -0.05) is 37.5 Å². The van der Waals surface area contributed by atoms with E-state index in [1.165, 1.54) is 12.8 Å². The first-order valence-electron chi connectivity index (χ1n) is 4.28. The van der Waals surface area contributed by atoms with Gasteiger partial charge in [0, 0.05) is 0 Å². The van der Waals surface area contributed by atoms with Gasteiger partial charge in [-0.3, -0.25) is 0 Å². The molecule has 0 aromatic heterocycles. The Morgan fingerprint density at radius 1 is 0.667 bits per heavy atom. The molecule has 0 heteroatoms. The number of hydrogen-bond acceptors (Lipinski definition) is 0. The zero-order chi connectivity index (χ0) is 9.66. The molecule has 0 N–H and O–H groups in total. The zero-order valence-corrected chi connectivity index (χ0v) is 7.97. The standard InChI is InChI=1S/C8H14.C4H6/c1-3-5-7-8-6-4-2;1-3-4-2/h3-4H,1-2,5-8H2;3-4H,1-2H2. The summed E-state index contributed by atoms with van der Waals surface area (Å²) in [4.78, 5) is 0. The van der Waals surface area contributed by atoms with Gasteiger partial charge in [-0.15, -0.1) is 13.2 Å². The average molecular weight is 164 g/mol. The van der Waals surface area contributed by atoms with Crippen molar-refractivity contribution in [1.29, 1.82) is 0 Å². The van der Waals surface area contributed by atoms with Crippen LogP contribution >= 0.6 is 0 Å². The van der Waals surface area contributed by atoms with Gasteiger partial charge in [0.15, 0.2) is 0 Å². The third kappa shape index (κ3) is 23.1. The lowest BCUT2D eigenvalue weighted by Crippen LogP contribution is -1.69. The van der Waals surface area contributed by atoms with E-state index >= 15 is 0 Å². The van der Waals surface area contributed by atoms with Crippen molar-refractivity contribution in [3.63, 3.8) is 0 Å². The van der Waals surface area contributed by atoms with Crippen molar-refractivity contribution in [2.45, 2.75) is 25.7 Å². The van der Waals surface area contributed by atoms with Crippen LogP contribution in [-0.2, 0) is 0 Å². The minimum Gasteiger partial charge on any atom is -0.103 e. The highest BCUT2D eigenvalue weighted by Crippen LogP contribution is 1.99. The van der Waals surface area contributed by atoms with Gasteiger partial charge < -0.3 is 0 Å². The first kappa shape index (κ1) is 13.5. The molecule has 0 nitrogen and oxygen atoms in total. The number of allylic oxidation sites excluding steroid dienone is 4. The Kier molecular flexibility index (Phi) is 18.6. The van der Waals surface area contributed by atoms with Crippen LogP contribution in [0, 0.1) is 0 Å². The lowest BCUT2D eigenvalue weighted by atomic mass is 10.2. The highest BCUT2D eigenvalue weighted by Gasteiger charge is 1.79. The molecular formula is C12H20. The van der Waals surface area contributed by atoms with E-state index < -0.39 is 0 Å². The van der Waals surface area contributed by atoms with Gasteiger partial charge in [-0.2, -0.15) is 0 Å². The summed E-state index contributed by atoms with van der Waals surface area (Å²) in [7, 11) is 0. The van der Waals surface area contributed by atoms with Gasteiger partial charge in [-0.05, 0) is 25.7 Å². The Labute approximate surface area is 77.0 Å². The third-order valence-electron chi connectivity index (χ3n) is 1.23. The molecule has 0 aliphatic rings. The molecule has 0 spiro atoms. The maximum atomic E-state index is 3.63. The van der Waals surface area contributed by atoms with Gasteiger partial charge in [0.05, 0.1) is 0 Å². The summed E-state index contributed by atoms with van der Waals surface area (Å²) in [5, 5.41) is 0. The summed E-state index contributed by atoms with van der Waals surface area (Å²) >= 11 is 0. The Morgan fingerprint density at radius 2 is 1.00 bits per heavy atom. The maximum absolute atomic E-state index is 3.63. The largest absolute Gasteiger partial charge is 0.103 e. The quantitative estimate of drug-likeness (QED) is 0.312. The summed E-state index contributed by atoms with van der Waals surface area (Å²) in [5.41, 5.74) is 0. The summed E-state index contributed by atoms with van der Waals surface area (Å²) < 4.78 is 0. The van der Waals surface area contributed by atoms with E-state index in [9.17, 15) is 0 Å². The normalized spacial score (nSPS) is 7.33. The molecule has 0 aromatic carbocycles. The number of rotatable bonds is 6. The minimum atomic E-state index is 1.15. The van der Waals surface area contributed by atoms with Gasteiger partial charge >= 0.3 is 0 Å². The fourth-order valence-corrected chi connectivity index (χ4v) is 0.577. The maximum Gasteiger partial charge on any atom is -0.0353 e. The molecule has 0 amide bonds. The monoisotopic (exact) mass is 164 g/mol. The van der Waals surface area contributed by atoms with Crippen molar-refractivity contribution < 1.29 is 0 Å². The van der Waals surface area contributed by atoms with Crippen LogP contribution in [0.2, 0.25) is 0 Å². The molecule has 0 saturated carbocycles. The predicted molar refractivity (Wildman–Crippen MR) is 59.3 cm³/mol. The molecule has 0 aliphatic heterocycles. The SMILES string of the molecule is C=CC=C.C=CCCCCC=C. The van der Waals surface area contributed by atoms with Crippen molar-refractivity contribution in [3.05, 3.63) is 50.6 Å². The molecule has 0 saturated heterocycles. The molecule has 68 valence electrons. The zero-order valence-electron chi connectivity index (χ0n) is 7.97. The fourth-order valence-electron chi connectivity index (χ4n) is 0.577. The molecule has 12 heavy (non-hydrogen) atoms. The highest BCUT2D eigenvalue weighted by atomic mass is 13.9. The molecule has 0 atom stereocenters. The van der Waals surface area contributed by atoms with Crippen molar-refractivity contribution in [2.75, 3.05) is 0 Å². The van der Waals surface area contributed by atoms with E-state index in [-0.39, 0.29) is 0 Å². The Balaban J connectivity index is 0. The van der Waals surface area contributed by atoms with Crippen LogP contribution in [0.5, 0.6) is 0 Å². The van der Waals surface area contributed by atoms with Crippen molar-refractivity contribution in [3.8, 4) is 0 Å². The van der Waals surface area contributed by atoms with Crippen LogP contribution in [-0.4, -0.2) is 0 Å². The fraction of sp³-hybridized carbons (Fsp3) is 0.333. The van der Waals surface area contributed by atoms with Crippen molar-refractivity contribution in [2.24, 2.45) is 0 Å². The summed E-state index contributed by atoms with van der Waals surface area (Å²) in [6.07, 6.45) is 12.0. The highest BCUT2D eigenvalue weighted by molar-refractivity contribution is 4.88. The number of unbranched alkanes of at least 4 members (excludes halogenated alkanes) is 3. The van der Waals surface area contributed by atoms with E-state index in [2.05, 4.69) is 26.3 Å². The molecule has 0 fully saturated rings. The van der Waals surface area contributed by atoms with Crippen LogP contribution in [0.15, 0.2) is 50.6 Å². The number of hydrogen-bond donors (Lipinski definition) is 0. The van der Waals surface area contributed by atoms with E-state index in [0.717, 1.165) is 12.8 Å². The van der Waals surface area contributed by atoms with Crippen LogP contribution in [0.1, 0.15) is 25.7 Å². The molecule has 0 radical (unpaired) electrons. The van der Waals surface area contributed by atoms with Gasteiger partial charge in [-0.25, -0.2) is 0 Å². The average Bonchev–Trinajstić information content (AvgIpc) is 2.13. The Hall–Kier alpha value is -1.04. The van der Waals surface area contributed by atoms with Crippen LogP contribution in [0.25, 0.3) is 0 Å². The van der Waals surface area contributed by atoms with E-state index in [4.69, 9.17) is 0 Å². The van der Waals surface area contributed by atoms with Gasteiger partial charge in [0.25, 0.3) is 0 Å². The summed E-state index contributed by atoms with van der Waals surface area (Å²) in [6.45, 7) is 14.0. The van der Waals surface area contributed by atoms with E-state index in [0.29, 0.717) is 0 Å². The first-order valence-corrected chi connectivity index (χ1v) is 4.28. The second-order valence-corrected chi connectivity index (χ2v) is 2.33. The molecule has 0 heterocycles. The second-order valence-electron chi connectivity index (χ2n) is 2.33. The topological polar surface area (TPSA) is 0 Å². The summed E-state index contributed by atoms with van der Waals surface area (Å²) in [5.74, 6) is 0. The molecule has 0 rings (SSSR count). The molecular weight excluding hydrogens is 144 g/mol. The third-order valence-corrected chi connectivity index (χ3v) is 1.23. The lowest BCUT2D eigenvalue weighted by Gasteiger charge is -1.89. The minimum absolute atomic E-state index is 1.15. The van der Waals surface area contributed by atoms with E-state index in [1.54, 1.807) is 12.2 Å². The van der Waals surface area contributed by atoms with Crippen molar-refractivity contribution >= 4 is 0 Å². The van der Waals surface area contributed by atoms with Crippen LogP contribution in [0.4, 0.5) is 0 Å². The molecule has 0 aromatic rings. The Bertz CT molecular complexity index is 104. The first-order chi connectivity index (χ1) is 5.83. The summed E-state index contributed by atoms with van der Waals surface area (Å²) in [6, 6.07) is 0. The molecule has 0 aliphatic carbocycles. The van der Waals surface area contributed by atoms with Crippen LogP contribution in [0.3, 0.4) is 0 Å². The van der Waals surface area contributed by atoms with Gasteiger partial charge in [0.2, 0.25) is 0 Å². The van der Waals surface area contributed by atoms with E-state index in [1.807, 2.05) is 12.2 Å². The second kappa shape index (κ2) is 16.5. The smallest absolute Gasteiger partial charge is 0.0353 e. The molecule has 0 bridgehead atoms. The predicted octanol–water partition coefficient (Wildman–Crippen LogP) is 4.28. The molecule has 0 unspecified atom stereocenters. The van der Waals surface area contributed by atoms with Gasteiger partial charge in [0.1, 0.15) is 0 Å².